The smallest absolute Gasteiger partial charge is 0.303 e. The van der Waals surface area contributed by atoms with Gasteiger partial charge in [-0.05, 0) is 0 Å². The topological polar surface area (TPSA) is 74.6 Å². The predicted molar refractivity (Wildman–Crippen MR) is 58.3 cm³/mol. The zero-order valence-corrected chi connectivity index (χ0v) is 8.37. The number of rotatable bonds is 3. The summed E-state index contributed by atoms with van der Waals surface area (Å²) in [6.07, 6.45) is -0.593. The molecule has 2 N–H and O–H groups in total. The van der Waals surface area contributed by atoms with Gasteiger partial charge in [0.05, 0.1) is 12.8 Å². The molecule has 0 spiro atoms. The Kier molecular flexibility index (Phi) is 49.3. The largest absolute Gasteiger partial charge is 0.481 e. The van der Waals surface area contributed by atoms with E-state index in [0.717, 1.165) is 0 Å². The van der Waals surface area contributed by atoms with Gasteiger partial charge in [0.1, 0.15) is 0 Å². The van der Waals surface area contributed by atoms with Crippen LogP contribution in [-0.4, -0.2) is 22.2 Å². The number of carbonyl (C=O) groups is 2. The zero-order chi connectivity index (χ0) is 12.6. The molecule has 0 heterocycles. The maximum absolute atomic E-state index is 9.64. The summed E-state index contributed by atoms with van der Waals surface area (Å²) in [6, 6.07) is 0. The SMILES string of the molecule is C=C.C=C.C=C.O=C(O)CCC(=O)O. The van der Waals surface area contributed by atoms with E-state index in [4.69, 9.17) is 10.2 Å². The summed E-state index contributed by atoms with van der Waals surface area (Å²) < 4.78 is 0. The van der Waals surface area contributed by atoms with E-state index in [2.05, 4.69) is 39.5 Å². The molecular weight excluding hydrogens is 184 g/mol. The molecule has 0 atom stereocenters. The minimum absolute atomic E-state index is 0.296. The van der Waals surface area contributed by atoms with E-state index < -0.39 is 11.9 Å². The lowest BCUT2D eigenvalue weighted by Crippen LogP contribution is -2.00. The second-order valence-corrected chi connectivity index (χ2v) is 1.29. The van der Waals surface area contributed by atoms with Crippen molar-refractivity contribution in [3.63, 3.8) is 0 Å². The van der Waals surface area contributed by atoms with Gasteiger partial charge in [-0.1, -0.05) is 0 Å². The highest BCUT2D eigenvalue weighted by Gasteiger charge is 2.00. The Labute approximate surface area is 84.9 Å². The van der Waals surface area contributed by atoms with Gasteiger partial charge in [-0.3, -0.25) is 9.59 Å². The Bertz CT molecular complexity index is 124. The highest BCUT2D eigenvalue weighted by molar-refractivity contribution is 5.75. The molecule has 0 aromatic carbocycles. The van der Waals surface area contributed by atoms with E-state index in [0.29, 0.717) is 0 Å². The number of carboxylic acids is 2. The van der Waals surface area contributed by atoms with Crippen molar-refractivity contribution in [3.05, 3.63) is 39.5 Å². The van der Waals surface area contributed by atoms with Gasteiger partial charge in [0.25, 0.3) is 0 Å². The van der Waals surface area contributed by atoms with Crippen LogP contribution < -0.4 is 0 Å². The minimum Gasteiger partial charge on any atom is -0.481 e. The number of aliphatic carboxylic acids is 2. The molecule has 0 saturated carbocycles. The fourth-order valence-corrected chi connectivity index (χ4v) is 0.214. The summed E-state index contributed by atoms with van der Waals surface area (Å²) in [4.78, 5) is 19.3. The molecule has 0 saturated heterocycles. The highest BCUT2D eigenvalue weighted by atomic mass is 16.4. The molecule has 0 aliphatic heterocycles. The van der Waals surface area contributed by atoms with Crippen molar-refractivity contribution in [2.24, 2.45) is 0 Å². The predicted octanol–water partition coefficient (Wildman–Crippen LogP) is 2.34. The molecule has 4 heteroatoms. The first-order valence-electron chi connectivity index (χ1n) is 3.56. The third-order valence-electron chi connectivity index (χ3n) is 0.553. The van der Waals surface area contributed by atoms with Crippen molar-refractivity contribution < 1.29 is 19.8 Å². The molecule has 82 valence electrons. The summed E-state index contributed by atoms with van der Waals surface area (Å²) in [5.74, 6) is -2.15. The first-order chi connectivity index (χ1) is 6.63. The average molecular weight is 202 g/mol. The van der Waals surface area contributed by atoms with Crippen LogP contribution in [0, 0.1) is 0 Å². The van der Waals surface area contributed by atoms with Crippen molar-refractivity contribution in [2.45, 2.75) is 12.8 Å². The van der Waals surface area contributed by atoms with Crippen LogP contribution in [0.1, 0.15) is 12.8 Å². The second-order valence-electron chi connectivity index (χ2n) is 1.29. The Balaban J connectivity index is -0.0000000708. The van der Waals surface area contributed by atoms with Crippen molar-refractivity contribution in [2.75, 3.05) is 0 Å². The minimum atomic E-state index is -1.08. The third-order valence-corrected chi connectivity index (χ3v) is 0.553. The molecule has 0 unspecified atom stereocenters. The van der Waals surface area contributed by atoms with Gasteiger partial charge < -0.3 is 10.2 Å². The number of carboxylic acid groups (broad SMARTS) is 2. The van der Waals surface area contributed by atoms with E-state index >= 15 is 0 Å². The van der Waals surface area contributed by atoms with Gasteiger partial charge in [0, 0.05) is 0 Å². The first kappa shape index (κ1) is 22.7. The molecule has 0 amide bonds. The summed E-state index contributed by atoms with van der Waals surface area (Å²) in [5, 5.41) is 15.8. The first-order valence-corrected chi connectivity index (χ1v) is 3.56. The maximum atomic E-state index is 9.64. The van der Waals surface area contributed by atoms with Crippen molar-refractivity contribution in [1.82, 2.24) is 0 Å². The summed E-state index contributed by atoms with van der Waals surface area (Å²) >= 11 is 0. The fourth-order valence-electron chi connectivity index (χ4n) is 0.214. The van der Waals surface area contributed by atoms with Gasteiger partial charge >= 0.3 is 11.9 Å². The molecule has 4 nitrogen and oxygen atoms in total. The summed E-state index contributed by atoms with van der Waals surface area (Å²) in [5.41, 5.74) is 0. The lowest BCUT2D eigenvalue weighted by atomic mass is 10.3. The maximum Gasteiger partial charge on any atom is 0.303 e. The summed E-state index contributed by atoms with van der Waals surface area (Å²) in [6.45, 7) is 18.0. The number of hydrogen-bond donors (Lipinski definition) is 2. The second kappa shape index (κ2) is 30.4. The molecule has 0 aromatic heterocycles. The average Bonchev–Trinajstić information content (AvgIpc) is 2.24. The van der Waals surface area contributed by atoms with Crippen LogP contribution in [0.25, 0.3) is 0 Å². The summed E-state index contributed by atoms with van der Waals surface area (Å²) in [7, 11) is 0. The molecule has 0 radical (unpaired) electrons. The van der Waals surface area contributed by atoms with Crippen LogP contribution >= 0.6 is 0 Å². The van der Waals surface area contributed by atoms with Gasteiger partial charge in [0.2, 0.25) is 0 Å². The fraction of sp³-hybridized carbons (Fsp3) is 0.200. The molecule has 0 rings (SSSR count). The zero-order valence-electron chi connectivity index (χ0n) is 8.37. The van der Waals surface area contributed by atoms with E-state index in [1.54, 1.807) is 0 Å². The van der Waals surface area contributed by atoms with Gasteiger partial charge in [0.15, 0.2) is 0 Å². The van der Waals surface area contributed by atoms with Crippen LogP contribution in [0.5, 0.6) is 0 Å². The van der Waals surface area contributed by atoms with Crippen LogP contribution in [-0.2, 0) is 9.59 Å². The van der Waals surface area contributed by atoms with Crippen molar-refractivity contribution in [1.29, 1.82) is 0 Å². The normalized spacial score (nSPS) is 5.71. The van der Waals surface area contributed by atoms with Gasteiger partial charge in [-0.2, -0.15) is 0 Å². The molecular formula is C10H18O4. The van der Waals surface area contributed by atoms with Crippen LogP contribution in [0.3, 0.4) is 0 Å². The van der Waals surface area contributed by atoms with Crippen molar-refractivity contribution in [3.8, 4) is 0 Å². The Morgan fingerprint density at radius 3 is 0.929 bits per heavy atom. The van der Waals surface area contributed by atoms with Gasteiger partial charge in [-0.25, -0.2) is 0 Å². The van der Waals surface area contributed by atoms with E-state index in [1.165, 1.54) is 0 Å². The van der Waals surface area contributed by atoms with Crippen LogP contribution in [0.2, 0.25) is 0 Å². The Hall–Kier alpha value is -1.84. The van der Waals surface area contributed by atoms with E-state index in [-0.39, 0.29) is 12.8 Å². The van der Waals surface area contributed by atoms with E-state index in [1.807, 2.05) is 0 Å². The molecule has 14 heavy (non-hydrogen) atoms. The number of hydrogen-bond acceptors (Lipinski definition) is 2. The van der Waals surface area contributed by atoms with E-state index in [9.17, 15) is 9.59 Å². The quantitative estimate of drug-likeness (QED) is 0.689. The highest BCUT2D eigenvalue weighted by Crippen LogP contribution is 1.85. The Morgan fingerprint density at radius 2 is 0.857 bits per heavy atom. The standard InChI is InChI=1S/C4H6O4.3C2H4/c5-3(6)1-2-4(7)8;3*1-2/h1-2H2,(H,5,6)(H,7,8);3*1-2H2. The molecule has 0 aliphatic rings. The van der Waals surface area contributed by atoms with Crippen LogP contribution in [0.15, 0.2) is 39.5 Å². The molecule has 0 aliphatic carbocycles. The monoisotopic (exact) mass is 202 g/mol. The Morgan fingerprint density at radius 1 is 0.714 bits per heavy atom. The lowest BCUT2D eigenvalue weighted by molar-refractivity contribution is -0.143. The van der Waals surface area contributed by atoms with Crippen molar-refractivity contribution >= 4 is 11.9 Å². The third kappa shape index (κ3) is 85.4. The van der Waals surface area contributed by atoms with Crippen LogP contribution in [0.4, 0.5) is 0 Å². The molecule has 0 bridgehead atoms. The van der Waals surface area contributed by atoms with Gasteiger partial charge in [-0.15, -0.1) is 39.5 Å². The lowest BCUT2D eigenvalue weighted by Gasteiger charge is -1.85. The molecule has 0 fully saturated rings. The molecule has 0 aromatic rings.